The quantitative estimate of drug-likeness (QED) is 0.315. The molecule has 0 saturated carbocycles. The summed E-state index contributed by atoms with van der Waals surface area (Å²) in [6.07, 6.45) is 0. The molecule has 4 aromatic carbocycles. The smallest absolute Gasteiger partial charge is 0.0464 e. The van der Waals surface area contributed by atoms with Gasteiger partial charge in [0, 0.05) is 37.1 Å². The largest absolute Gasteiger partial charge is 0.355 e. The molecule has 5 rings (SSSR count). The summed E-state index contributed by atoms with van der Waals surface area (Å²) in [6, 6.07) is 32.8. The van der Waals surface area contributed by atoms with Crippen LogP contribution in [0.4, 0.5) is 11.4 Å². The van der Waals surface area contributed by atoms with Gasteiger partial charge in [0.15, 0.2) is 0 Å². The number of nitrogens with one attached hydrogen (secondary N) is 1. The molecule has 148 valence electrons. The van der Waals surface area contributed by atoms with Gasteiger partial charge in [0.1, 0.15) is 0 Å². The SMILES string of the molecule is CC(C)(C)c1ccc(Nc2ccc3sc4ccccc4c3c2)c(-c2ccccc2)c1. The lowest BCUT2D eigenvalue weighted by Gasteiger charge is -2.22. The van der Waals surface area contributed by atoms with Gasteiger partial charge in [-0.05, 0) is 52.9 Å². The molecular weight excluding hydrogens is 382 g/mol. The van der Waals surface area contributed by atoms with E-state index in [1.165, 1.54) is 36.9 Å². The van der Waals surface area contributed by atoms with Crippen molar-refractivity contribution in [1.29, 1.82) is 0 Å². The molecule has 0 aliphatic rings. The average Bonchev–Trinajstić information content (AvgIpc) is 3.12. The van der Waals surface area contributed by atoms with E-state index in [4.69, 9.17) is 0 Å². The van der Waals surface area contributed by atoms with Gasteiger partial charge in [-0.2, -0.15) is 0 Å². The molecule has 1 aromatic heterocycles. The van der Waals surface area contributed by atoms with E-state index in [9.17, 15) is 0 Å². The summed E-state index contributed by atoms with van der Waals surface area (Å²) in [4.78, 5) is 0. The Kier molecular flexibility index (Phi) is 4.60. The summed E-state index contributed by atoms with van der Waals surface area (Å²) in [5.41, 5.74) is 6.16. The topological polar surface area (TPSA) is 12.0 Å². The van der Waals surface area contributed by atoms with Gasteiger partial charge < -0.3 is 5.32 Å². The maximum Gasteiger partial charge on any atom is 0.0464 e. The van der Waals surface area contributed by atoms with Crippen LogP contribution in [-0.4, -0.2) is 0 Å². The molecule has 5 aromatic rings. The summed E-state index contributed by atoms with van der Waals surface area (Å²) in [6.45, 7) is 6.79. The van der Waals surface area contributed by atoms with Gasteiger partial charge in [0.05, 0.1) is 0 Å². The van der Waals surface area contributed by atoms with Gasteiger partial charge >= 0.3 is 0 Å². The zero-order chi connectivity index (χ0) is 20.7. The normalized spacial score (nSPS) is 11.8. The van der Waals surface area contributed by atoms with Gasteiger partial charge in [0.2, 0.25) is 0 Å². The van der Waals surface area contributed by atoms with Crippen molar-refractivity contribution in [2.75, 3.05) is 5.32 Å². The van der Waals surface area contributed by atoms with E-state index >= 15 is 0 Å². The highest BCUT2D eigenvalue weighted by atomic mass is 32.1. The standard InChI is InChI=1S/C28H25NS/c1-28(2,3)20-13-15-25(23(17-20)19-9-5-4-6-10-19)29-21-14-16-27-24(18-21)22-11-7-8-12-26(22)30-27/h4-18,29H,1-3H3. The van der Waals surface area contributed by atoms with Crippen LogP contribution < -0.4 is 5.32 Å². The Morgan fingerprint density at radius 2 is 1.40 bits per heavy atom. The number of fused-ring (bicyclic) bond motifs is 3. The molecule has 1 heterocycles. The molecule has 2 heteroatoms. The van der Waals surface area contributed by atoms with Gasteiger partial charge in [-0.3, -0.25) is 0 Å². The number of benzene rings is 4. The molecule has 1 N–H and O–H groups in total. The minimum atomic E-state index is 0.108. The maximum absolute atomic E-state index is 3.70. The molecule has 0 fully saturated rings. The predicted molar refractivity (Wildman–Crippen MR) is 133 cm³/mol. The Labute approximate surface area is 182 Å². The van der Waals surface area contributed by atoms with Gasteiger partial charge in [-0.25, -0.2) is 0 Å². The first kappa shape index (κ1) is 18.9. The van der Waals surface area contributed by atoms with E-state index < -0.39 is 0 Å². The Morgan fingerprint density at radius 1 is 0.667 bits per heavy atom. The first-order valence-electron chi connectivity index (χ1n) is 10.4. The third-order valence-corrected chi connectivity index (χ3v) is 6.78. The van der Waals surface area contributed by atoms with Crippen molar-refractivity contribution in [3.63, 3.8) is 0 Å². The first-order chi connectivity index (χ1) is 14.5. The zero-order valence-corrected chi connectivity index (χ0v) is 18.4. The number of anilines is 2. The van der Waals surface area contributed by atoms with Crippen LogP contribution in [0.1, 0.15) is 26.3 Å². The van der Waals surface area contributed by atoms with Crippen molar-refractivity contribution in [2.45, 2.75) is 26.2 Å². The lowest BCUT2D eigenvalue weighted by atomic mass is 9.85. The molecular formula is C28H25NS. The molecule has 0 radical (unpaired) electrons. The van der Waals surface area contributed by atoms with Crippen molar-refractivity contribution >= 4 is 42.9 Å². The van der Waals surface area contributed by atoms with Gasteiger partial charge in [0.25, 0.3) is 0 Å². The molecule has 0 aliphatic heterocycles. The Balaban J connectivity index is 1.61. The van der Waals surface area contributed by atoms with E-state index in [1.54, 1.807) is 0 Å². The van der Waals surface area contributed by atoms with Crippen molar-refractivity contribution in [2.24, 2.45) is 0 Å². The highest BCUT2D eigenvalue weighted by molar-refractivity contribution is 7.25. The molecule has 0 bridgehead atoms. The summed E-state index contributed by atoms with van der Waals surface area (Å²) < 4.78 is 2.66. The second-order valence-corrected chi connectivity index (χ2v) is 9.89. The van der Waals surface area contributed by atoms with Crippen LogP contribution in [0, 0.1) is 0 Å². The molecule has 0 aliphatic carbocycles. The van der Waals surface area contributed by atoms with E-state index in [2.05, 4.69) is 117 Å². The summed E-state index contributed by atoms with van der Waals surface area (Å²) in [5, 5.41) is 6.34. The molecule has 0 amide bonds. The van der Waals surface area contributed by atoms with Crippen molar-refractivity contribution in [3.8, 4) is 11.1 Å². The van der Waals surface area contributed by atoms with Crippen LogP contribution in [0.25, 0.3) is 31.3 Å². The molecule has 0 atom stereocenters. The Bertz CT molecular complexity index is 1340. The fourth-order valence-corrected chi connectivity index (χ4v) is 5.02. The average molecular weight is 408 g/mol. The summed E-state index contributed by atoms with van der Waals surface area (Å²) in [5.74, 6) is 0. The van der Waals surface area contributed by atoms with Crippen molar-refractivity contribution in [1.82, 2.24) is 0 Å². The number of rotatable bonds is 3. The summed E-state index contributed by atoms with van der Waals surface area (Å²) in [7, 11) is 0. The molecule has 0 unspecified atom stereocenters. The summed E-state index contributed by atoms with van der Waals surface area (Å²) >= 11 is 1.85. The number of thiophene rings is 1. The first-order valence-corrected chi connectivity index (χ1v) is 11.2. The lowest BCUT2D eigenvalue weighted by molar-refractivity contribution is 0.590. The highest BCUT2D eigenvalue weighted by Crippen LogP contribution is 2.38. The van der Waals surface area contributed by atoms with Gasteiger partial charge in [-0.1, -0.05) is 75.4 Å². The van der Waals surface area contributed by atoms with E-state index in [-0.39, 0.29) is 5.41 Å². The van der Waals surface area contributed by atoms with E-state index in [0.29, 0.717) is 0 Å². The maximum atomic E-state index is 3.70. The number of hydrogen-bond acceptors (Lipinski definition) is 2. The third-order valence-electron chi connectivity index (χ3n) is 5.63. The minimum absolute atomic E-state index is 0.108. The third kappa shape index (κ3) is 3.48. The van der Waals surface area contributed by atoms with Crippen LogP contribution >= 0.6 is 11.3 Å². The van der Waals surface area contributed by atoms with E-state index in [1.807, 2.05) is 11.3 Å². The van der Waals surface area contributed by atoms with Crippen LogP contribution in [0.2, 0.25) is 0 Å². The molecule has 1 nitrogen and oxygen atoms in total. The second-order valence-electron chi connectivity index (χ2n) is 8.81. The highest BCUT2D eigenvalue weighted by Gasteiger charge is 2.16. The fourth-order valence-electron chi connectivity index (χ4n) is 3.94. The van der Waals surface area contributed by atoms with Crippen LogP contribution in [0.15, 0.2) is 91.0 Å². The van der Waals surface area contributed by atoms with Gasteiger partial charge in [-0.15, -0.1) is 11.3 Å². The van der Waals surface area contributed by atoms with Crippen molar-refractivity contribution < 1.29 is 0 Å². The second kappa shape index (κ2) is 7.30. The zero-order valence-electron chi connectivity index (χ0n) is 17.6. The minimum Gasteiger partial charge on any atom is -0.355 e. The van der Waals surface area contributed by atoms with Crippen LogP contribution in [0.3, 0.4) is 0 Å². The molecule has 30 heavy (non-hydrogen) atoms. The van der Waals surface area contributed by atoms with E-state index in [0.717, 1.165) is 11.4 Å². The molecule has 0 saturated heterocycles. The Hall–Kier alpha value is -3.10. The Morgan fingerprint density at radius 3 is 2.20 bits per heavy atom. The van der Waals surface area contributed by atoms with Crippen LogP contribution in [0.5, 0.6) is 0 Å². The number of hydrogen-bond donors (Lipinski definition) is 1. The predicted octanol–water partition coefficient (Wildman–Crippen LogP) is 8.76. The van der Waals surface area contributed by atoms with Crippen LogP contribution in [-0.2, 0) is 5.41 Å². The fraction of sp³-hybridized carbons (Fsp3) is 0.143. The monoisotopic (exact) mass is 407 g/mol. The molecule has 0 spiro atoms. The van der Waals surface area contributed by atoms with Crippen molar-refractivity contribution in [3.05, 3.63) is 96.6 Å². The lowest BCUT2D eigenvalue weighted by Crippen LogP contribution is -2.11.